The summed E-state index contributed by atoms with van der Waals surface area (Å²) in [6, 6.07) is 5.21. The summed E-state index contributed by atoms with van der Waals surface area (Å²) in [7, 11) is 5.02. The summed E-state index contributed by atoms with van der Waals surface area (Å²) in [6.07, 6.45) is 0.723. The van der Waals surface area contributed by atoms with Gasteiger partial charge in [0.2, 0.25) is 0 Å². The standard InChI is InChI=1S/C14H19N3O3/c1-15-8-5-9-17-13(18)10-6-4-7-11(20-3)12(10)16(2)14(17)19/h4,6-7,15H,5,8-9H2,1-3H3. The second kappa shape index (κ2) is 5.92. The molecule has 0 aliphatic carbocycles. The molecular formula is C14H19N3O3. The number of nitrogens with one attached hydrogen (secondary N) is 1. The van der Waals surface area contributed by atoms with E-state index in [1.54, 1.807) is 25.2 Å². The van der Waals surface area contributed by atoms with E-state index in [0.29, 0.717) is 23.2 Å². The molecule has 0 unspecified atom stereocenters. The number of rotatable bonds is 5. The molecule has 2 aromatic rings. The van der Waals surface area contributed by atoms with Crippen LogP contribution in [-0.2, 0) is 13.6 Å². The molecule has 0 saturated heterocycles. The Balaban J connectivity index is 2.69. The molecule has 0 saturated carbocycles. The molecule has 20 heavy (non-hydrogen) atoms. The van der Waals surface area contributed by atoms with E-state index in [1.807, 2.05) is 7.05 Å². The van der Waals surface area contributed by atoms with Crippen molar-refractivity contribution in [2.75, 3.05) is 20.7 Å². The molecule has 1 aromatic heterocycles. The van der Waals surface area contributed by atoms with E-state index in [-0.39, 0.29) is 11.2 Å². The molecule has 0 bridgehead atoms. The number of para-hydroxylation sites is 1. The smallest absolute Gasteiger partial charge is 0.331 e. The number of ether oxygens (including phenoxy) is 1. The van der Waals surface area contributed by atoms with Gasteiger partial charge in [0.15, 0.2) is 0 Å². The van der Waals surface area contributed by atoms with Crippen LogP contribution in [0.5, 0.6) is 5.75 Å². The Kier molecular flexibility index (Phi) is 4.24. The van der Waals surface area contributed by atoms with Gasteiger partial charge < -0.3 is 10.1 Å². The second-order valence-corrected chi connectivity index (χ2v) is 4.61. The molecule has 1 heterocycles. The maximum atomic E-state index is 12.4. The molecule has 2 rings (SSSR count). The lowest BCUT2D eigenvalue weighted by molar-refractivity contribution is 0.416. The van der Waals surface area contributed by atoms with Gasteiger partial charge in [-0.15, -0.1) is 0 Å². The van der Waals surface area contributed by atoms with Gasteiger partial charge in [0, 0.05) is 13.6 Å². The number of methoxy groups -OCH3 is 1. The first-order valence-corrected chi connectivity index (χ1v) is 6.53. The van der Waals surface area contributed by atoms with Crippen LogP contribution in [0.3, 0.4) is 0 Å². The number of aromatic nitrogens is 2. The lowest BCUT2D eigenvalue weighted by Gasteiger charge is -2.13. The van der Waals surface area contributed by atoms with Crippen LogP contribution in [0.2, 0.25) is 0 Å². The van der Waals surface area contributed by atoms with Gasteiger partial charge in [0.05, 0.1) is 12.5 Å². The largest absolute Gasteiger partial charge is 0.495 e. The van der Waals surface area contributed by atoms with E-state index in [9.17, 15) is 9.59 Å². The molecule has 0 amide bonds. The predicted octanol–water partition coefficient (Wildman–Crippen LogP) is 0.318. The van der Waals surface area contributed by atoms with E-state index in [0.717, 1.165) is 13.0 Å². The third-order valence-corrected chi connectivity index (χ3v) is 3.36. The minimum atomic E-state index is -0.317. The van der Waals surface area contributed by atoms with Crippen LogP contribution in [0.15, 0.2) is 27.8 Å². The molecular weight excluding hydrogens is 258 g/mol. The van der Waals surface area contributed by atoms with E-state index >= 15 is 0 Å². The Morgan fingerprint density at radius 3 is 2.70 bits per heavy atom. The highest BCUT2D eigenvalue weighted by atomic mass is 16.5. The molecule has 108 valence electrons. The summed E-state index contributed by atoms with van der Waals surface area (Å²) >= 11 is 0. The maximum absolute atomic E-state index is 12.4. The Labute approximate surface area is 116 Å². The summed E-state index contributed by atoms with van der Waals surface area (Å²) in [5, 5.41) is 3.50. The van der Waals surface area contributed by atoms with Crippen LogP contribution in [0.25, 0.3) is 10.9 Å². The van der Waals surface area contributed by atoms with Crippen LogP contribution in [-0.4, -0.2) is 29.8 Å². The van der Waals surface area contributed by atoms with Gasteiger partial charge >= 0.3 is 5.69 Å². The SMILES string of the molecule is CNCCCn1c(=O)c2cccc(OC)c2n(C)c1=O. The number of hydrogen-bond donors (Lipinski definition) is 1. The summed E-state index contributed by atoms with van der Waals surface area (Å²) in [6.45, 7) is 1.16. The summed E-state index contributed by atoms with van der Waals surface area (Å²) in [5.41, 5.74) is -0.0453. The van der Waals surface area contributed by atoms with Crippen molar-refractivity contribution in [2.24, 2.45) is 7.05 Å². The topological polar surface area (TPSA) is 65.3 Å². The van der Waals surface area contributed by atoms with Crippen LogP contribution in [0, 0.1) is 0 Å². The fourth-order valence-electron chi connectivity index (χ4n) is 2.33. The van der Waals surface area contributed by atoms with Crippen molar-refractivity contribution in [3.63, 3.8) is 0 Å². The van der Waals surface area contributed by atoms with Crippen molar-refractivity contribution >= 4 is 10.9 Å². The number of nitrogens with zero attached hydrogens (tertiary/aromatic N) is 2. The van der Waals surface area contributed by atoms with Gasteiger partial charge in [-0.05, 0) is 32.1 Å². The van der Waals surface area contributed by atoms with Crippen LogP contribution in [0.4, 0.5) is 0 Å². The first-order chi connectivity index (χ1) is 9.61. The second-order valence-electron chi connectivity index (χ2n) is 4.61. The van der Waals surface area contributed by atoms with E-state index in [4.69, 9.17) is 4.74 Å². The van der Waals surface area contributed by atoms with Gasteiger partial charge in [0.25, 0.3) is 5.56 Å². The molecule has 6 nitrogen and oxygen atoms in total. The molecule has 0 fully saturated rings. The molecule has 1 aromatic carbocycles. The number of aryl methyl sites for hydroxylation is 1. The first kappa shape index (κ1) is 14.3. The maximum Gasteiger partial charge on any atom is 0.331 e. The molecule has 0 atom stereocenters. The summed E-state index contributed by atoms with van der Waals surface area (Å²) < 4.78 is 7.98. The highest BCUT2D eigenvalue weighted by Gasteiger charge is 2.13. The van der Waals surface area contributed by atoms with Gasteiger partial charge in [-0.3, -0.25) is 13.9 Å². The average Bonchev–Trinajstić information content (AvgIpc) is 2.47. The van der Waals surface area contributed by atoms with Gasteiger partial charge in [-0.1, -0.05) is 6.07 Å². The number of benzene rings is 1. The van der Waals surface area contributed by atoms with Gasteiger partial charge in [-0.2, -0.15) is 0 Å². The lowest BCUT2D eigenvalue weighted by atomic mass is 10.2. The van der Waals surface area contributed by atoms with Crippen molar-refractivity contribution in [3.05, 3.63) is 39.0 Å². The molecule has 0 radical (unpaired) electrons. The summed E-state index contributed by atoms with van der Waals surface area (Å²) in [5.74, 6) is 0.529. The number of hydrogen-bond acceptors (Lipinski definition) is 4. The Morgan fingerprint density at radius 2 is 2.05 bits per heavy atom. The fourth-order valence-corrected chi connectivity index (χ4v) is 2.33. The normalized spacial score (nSPS) is 10.9. The zero-order valence-corrected chi connectivity index (χ0v) is 12.0. The molecule has 0 aliphatic rings. The Hall–Kier alpha value is -2.08. The minimum Gasteiger partial charge on any atom is -0.495 e. The highest BCUT2D eigenvalue weighted by molar-refractivity contribution is 5.84. The molecule has 6 heteroatoms. The Morgan fingerprint density at radius 1 is 1.30 bits per heavy atom. The highest BCUT2D eigenvalue weighted by Crippen LogP contribution is 2.20. The van der Waals surface area contributed by atoms with E-state index in [2.05, 4.69) is 5.32 Å². The monoisotopic (exact) mass is 277 g/mol. The predicted molar refractivity (Wildman–Crippen MR) is 78.5 cm³/mol. The Bertz CT molecular complexity index is 731. The number of fused-ring (bicyclic) bond motifs is 1. The summed E-state index contributed by atoms with van der Waals surface area (Å²) in [4.78, 5) is 24.8. The quantitative estimate of drug-likeness (QED) is 0.799. The third kappa shape index (κ3) is 2.34. The molecule has 0 aliphatic heterocycles. The molecule has 0 spiro atoms. The minimum absolute atomic E-state index is 0.266. The molecule has 1 N–H and O–H groups in total. The van der Waals surface area contributed by atoms with Crippen molar-refractivity contribution in [1.82, 2.24) is 14.5 Å². The van der Waals surface area contributed by atoms with Gasteiger partial charge in [-0.25, -0.2) is 4.79 Å². The zero-order chi connectivity index (χ0) is 14.7. The van der Waals surface area contributed by atoms with Gasteiger partial charge in [0.1, 0.15) is 11.3 Å². The van der Waals surface area contributed by atoms with E-state index in [1.165, 1.54) is 16.2 Å². The van der Waals surface area contributed by atoms with Crippen molar-refractivity contribution in [3.8, 4) is 5.75 Å². The average molecular weight is 277 g/mol. The van der Waals surface area contributed by atoms with Crippen molar-refractivity contribution in [1.29, 1.82) is 0 Å². The van der Waals surface area contributed by atoms with Crippen molar-refractivity contribution < 1.29 is 4.74 Å². The first-order valence-electron chi connectivity index (χ1n) is 6.53. The zero-order valence-electron chi connectivity index (χ0n) is 12.0. The van der Waals surface area contributed by atoms with Crippen molar-refractivity contribution in [2.45, 2.75) is 13.0 Å². The third-order valence-electron chi connectivity index (χ3n) is 3.36. The van der Waals surface area contributed by atoms with Crippen LogP contribution < -0.4 is 21.3 Å². The lowest BCUT2D eigenvalue weighted by Crippen LogP contribution is -2.39. The van der Waals surface area contributed by atoms with Crippen LogP contribution in [0.1, 0.15) is 6.42 Å². The van der Waals surface area contributed by atoms with Crippen LogP contribution >= 0.6 is 0 Å². The van der Waals surface area contributed by atoms with E-state index < -0.39 is 0 Å². The fraction of sp³-hybridized carbons (Fsp3) is 0.429.